The Morgan fingerprint density at radius 3 is 2.65 bits per heavy atom. The van der Waals surface area contributed by atoms with Crippen LogP contribution in [0.5, 0.6) is 5.75 Å². The van der Waals surface area contributed by atoms with Gasteiger partial charge in [-0.05, 0) is 50.6 Å². The van der Waals surface area contributed by atoms with Gasteiger partial charge < -0.3 is 30.9 Å². The molecule has 2 fully saturated rings. The third-order valence-electron chi connectivity index (χ3n) is 7.14. The van der Waals surface area contributed by atoms with Crippen LogP contribution < -0.4 is 25.8 Å². The molecule has 13 nitrogen and oxygen atoms in total. The number of hydrogen-bond donors (Lipinski definition) is 5. The number of pyridine rings is 1. The number of aliphatic hydroxyl groups excluding tert-OH is 1. The van der Waals surface area contributed by atoms with Gasteiger partial charge in [0.15, 0.2) is 0 Å². The molecular formula is C25H38N6O7S2. The van der Waals surface area contributed by atoms with Crippen molar-refractivity contribution in [3.05, 3.63) is 42.6 Å². The van der Waals surface area contributed by atoms with E-state index in [1.165, 1.54) is 29.7 Å². The molecule has 2 aromatic rings. The number of rotatable bonds is 13. The van der Waals surface area contributed by atoms with Crippen molar-refractivity contribution in [3.8, 4) is 5.75 Å². The van der Waals surface area contributed by atoms with Gasteiger partial charge in [0.2, 0.25) is 20.0 Å². The molecule has 0 radical (unpaired) electrons. The van der Waals surface area contributed by atoms with Gasteiger partial charge in [-0.15, -0.1) is 0 Å². The van der Waals surface area contributed by atoms with Crippen molar-refractivity contribution in [2.24, 2.45) is 5.73 Å². The van der Waals surface area contributed by atoms with Crippen LogP contribution in [0.1, 0.15) is 19.3 Å². The highest BCUT2D eigenvalue weighted by atomic mass is 32.2. The van der Waals surface area contributed by atoms with Crippen LogP contribution in [0, 0.1) is 0 Å². The normalized spacial score (nSPS) is 20.4. The average molecular weight is 599 g/mol. The molecule has 2 aliphatic heterocycles. The van der Waals surface area contributed by atoms with E-state index >= 15 is 0 Å². The summed E-state index contributed by atoms with van der Waals surface area (Å²) in [6.07, 6.45) is 2.40. The number of ether oxygens (including phenoxy) is 2. The molecule has 1 unspecified atom stereocenters. The zero-order valence-electron chi connectivity index (χ0n) is 22.5. The van der Waals surface area contributed by atoms with E-state index in [-0.39, 0.29) is 29.0 Å². The summed E-state index contributed by atoms with van der Waals surface area (Å²) in [5, 5.41) is 16.7. The largest absolute Gasteiger partial charge is 0.491 e. The molecule has 15 heteroatoms. The number of piperidine rings is 1. The quantitative estimate of drug-likeness (QED) is 0.204. The fourth-order valence-electron chi connectivity index (χ4n) is 4.85. The molecule has 0 bridgehead atoms. The van der Waals surface area contributed by atoms with E-state index in [2.05, 4.69) is 20.3 Å². The van der Waals surface area contributed by atoms with Crippen LogP contribution in [0.25, 0.3) is 0 Å². The Bertz CT molecular complexity index is 1330. The van der Waals surface area contributed by atoms with E-state index < -0.39 is 31.8 Å². The van der Waals surface area contributed by atoms with Crippen LogP contribution in [0.2, 0.25) is 0 Å². The average Bonchev–Trinajstić information content (AvgIpc) is 3.36. The minimum atomic E-state index is -3.66. The second-order valence-corrected chi connectivity index (χ2v) is 13.8. The SMILES string of the molecule is CNS(=O)(=O)c1cccc(OC[C@@H](O)CNC2COC3(CCN(S(=O)(=O)c4ccc(NCCN)nc4)CC3)C2)c1. The van der Waals surface area contributed by atoms with Gasteiger partial charge in [0.25, 0.3) is 0 Å². The number of benzene rings is 1. The molecule has 6 N–H and O–H groups in total. The third kappa shape index (κ3) is 7.47. The van der Waals surface area contributed by atoms with Crippen LogP contribution in [0.4, 0.5) is 5.82 Å². The first-order valence-electron chi connectivity index (χ1n) is 13.2. The van der Waals surface area contributed by atoms with E-state index in [1.54, 1.807) is 24.3 Å². The number of aliphatic hydroxyl groups is 1. The lowest BCUT2D eigenvalue weighted by Gasteiger charge is -2.38. The Hall–Kier alpha value is -2.37. The van der Waals surface area contributed by atoms with E-state index in [0.29, 0.717) is 63.6 Å². The molecule has 1 spiro atoms. The highest BCUT2D eigenvalue weighted by Gasteiger charge is 2.44. The number of nitrogens with one attached hydrogen (secondary N) is 3. The zero-order valence-corrected chi connectivity index (χ0v) is 24.1. The molecule has 222 valence electrons. The lowest BCUT2D eigenvalue weighted by atomic mass is 9.88. The fraction of sp³-hybridized carbons (Fsp3) is 0.560. The first-order chi connectivity index (χ1) is 19.1. The Kier molecular flexibility index (Phi) is 10.00. The summed E-state index contributed by atoms with van der Waals surface area (Å²) in [6.45, 7) is 2.42. The second-order valence-electron chi connectivity index (χ2n) is 9.95. The topological polar surface area (TPSA) is 185 Å². The van der Waals surface area contributed by atoms with Crippen LogP contribution in [-0.4, -0.2) is 102 Å². The van der Waals surface area contributed by atoms with Gasteiger partial charge >= 0.3 is 0 Å². The van der Waals surface area contributed by atoms with Crippen molar-refractivity contribution in [1.82, 2.24) is 19.3 Å². The van der Waals surface area contributed by atoms with Gasteiger partial charge in [-0.2, -0.15) is 4.31 Å². The van der Waals surface area contributed by atoms with Crippen LogP contribution in [-0.2, 0) is 24.8 Å². The Morgan fingerprint density at radius 2 is 1.98 bits per heavy atom. The molecule has 0 amide bonds. The summed E-state index contributed by atoms with van der Waals surface area (Å²) in [6, 6.07) is 9.26. The molecule has 4 rings (SSSR count). The Balaban J connectivity index is 1.22. The lowest BCUT2D eigenvalue weighted by Crippen LogP contribution is -2.47. The minimum absolute atomic E-state index is 0.0134. The fourth-order valence-corrected chi connectivity index (χ4v) is 7.00. The number of nitrogens with two attached hydrogens (primary N) is 1. The Labute approximate surface area is 235 Å². The van der Waals surface area contributed by atoms with Crippen molar-refractivity contribution in [1.29, 1.82) is 0 Å². The second kappa shape index (κ2) is 13.1. The molecule has 0 aliphatic carbocycles. The molecule has 3 heterocycles. The third-order valence-corrected chi connectivity index (χ3v) is 10.4. The van der Waals surface area contributed by atoms with Gasteiger partial charge in [0.05, 0.1) is 17.1 Å². The molecule has 1 aromatic heterocycles. The maximum absolute atomic E-state index is 13.1. The number of aromatic nitrogens is 1. The summed E-state index contributed by atoms with van der Waals surface area (Å²) in [4.78, 5) is 4.41. The van der Waals surface area contributed by atoms with Gasteiger partial charge in [-0.25, -0.2) is 26.5 Å². The zero-order chi connectivity index (χ0) is 28.8. The molecule has 2 atom stereocenters. The first-order valence-corrected chi connectivity index (χ1v) is 16.1. The van der Waals surface area contributed by atoms with Crippen molar-refractivity contribution in [2.45, 2.75) is 46.8 Å². The van der Waals surface area contributed by atoms with Crippen LogP contribution >= 0.6 is 0 Å². The molecule has 2 saturated heterocycles. The monoisotopic (exact) mass is 598 g/mol. The molecule has 2 aliphatic rings. The van der Waals surface area contributed by atoms with Gasteiger partial charge in [0, 0.05) is 51.0 Å². The first kappa shape index (κ1) is 30.6. The van der Waals surface area contributed by atoms with Gasteiger partial charge in [-0.3, -0.25) is 0 Å². The molecule has 0 saturated carbocycles. The Morgan fingerprint density at radius 1 is 1.20 bits per heavy atom. The molecular weight excluding hydrogens is 560 g/mol. The van der Waals surface area contributed by atoms with Crippen molar-refractivity contribution in [3.63, 3.8) is 0 Å². The van der Waals surface area contributed by atoms with Gasteiger partial charge in [-0.1, -0.05) is 6.07 Å². The van der Waals surface area contributed by atoms with E-state index in [4.69, 9.17) is 15.2 Å². The van der Waals surface area contributed by atoms with Crippen LogP contribution in [0.3, 0.4) is 0 Å². The van der Waals surface area contributed by atoms with E-state index in [9.17, 15) is 21.9 Å². The van der Waals surface area contributed by atoms with Crippen LogP contribution in [0.15, 0.2) is 52.4 Å². The van der Waals surface area contributed by atoms with Crippen molar-refractivity contribution < 1.29 is 31.4 Å². The number of anilines is 1. The standard InChI is InChI=1S/C25H38N6O7S2/c1-27-39(33,34)22-4-2-3-21(13-22)37-18-20(32)15-29-19-14-25(38-17-19)7-11-31(12-8-25)40(35,36)23-5-6-24(30-16-23)28-10-9-26/h2-6,13,16,19-20,27,29,32H,7-12,14-15,17-18,26H2,1H3,(H,28,30)/t19?,20-/m0/s1. The summed E-state index contributed by atoms with van der Waals surface area (Å²) in [5.74, 6) is 0.918. The van der Waals surface area contributed by atoms with Crippen molar-refractivity contribution >= 4 is 25.9 Å². The lowest BCUT2D eigenvalue weighted by molar-refractivity contribution is -0.0312. The number of sulfonamides is 2. The maximum atomic E-state index is 13.1. The highest BCUT2D eigenvalue weighted by molar-refractivity contribution is 7.89. The summed E-state index contributed by atoms with van der Waals surface area (Å²) >= 11 is 0. The predicted octanol–water partition coefficient (Wildman–Crippen LogP) is -0.298. The minimum Gasteiger partial charge on any atom is -0.491 e. The maximum Gasteiger partial charge on any atom is 0.244 e. The van der Waals surface area contributed by atoms with Gasteiger partial charge in [0.1, 0.15) is 29.2 Å². The summed E-state index contributed by atoms with van der Waals surface area (Å²) < 4.78 is 65.6. The number of hydrogen-bond acceptors (Lipinski definition) is 11. The van der Waals surface area contributed by atoms with Crippen molar-refractivity contribution in [2.75, 3.05) is 58.3 Å². The molecule has 1 aromatic carbocycles. The number of nitrogens with zero attached hydrogens (tertiary/aromatic N) is 2. The summed E-state index contributed by atoms with van der Waals surface area (Å²) in [7, 11) is -5.91. The smallest absolute Gasteiger partial charge is 0.244 e. The van der Waals surface area contributed by atoms with E-state index in [1.807, 2.05) is 0 Å². The predicted molar refractivity (Wildman–Crippen MR) is 149 cm³/mol. The van der Waals surface area contributed by atoms with E-state index in [0.717, 1.165) is 0 Å². The summed E-state index contributed by atoms with van der Waals surface area (Å²) in [5.41, 5.74) is 5.07. The molecule has 40 heavy (non-hydrogen) atoms. The highest BCUT2D eigenvalue weighted by Crippen LogP contribution is 2.37.